The van der Waals surface area contributed by atoms with Crippen molar-refractivity contribution in [2.75, 3.05) is 12.4 Å². The number of sulfonamides is 1. The highest BCUT2D eigenvalue weighted by molar-refractivity contribution is 7.89. The topological polar surface area (TPSA) is 55.4 Å². The van der Waals surface area contributed by atoms with E-state index in [1.54, 1.807) is 12.1 Å². The van der Waals surface area contributed by atoms with Crippen LogP contribution in [0.5, 0.6) is 11.5 Å². The fourth-order valence-electron chi connectivity index (χ4n) is 1.57. The van der Waals surface area contributed by atoms with E-state index in [-0.39, 0.29) is 17.3 Å². The zero-order valence-corrected chi connectivity index (χ0v) is 12.2. The lowest BCUT2D eigenvalue weighted by molar-refractivity contribution is 0.482. The lowest BCUT2D eigenvalue weighted by Gasteiger charge is -2.08. The molecule has 0 saturated heterocycles. The Balaban J connectivity index is 2.10. The molecule has 0 bridgehead atoms. The van der Waals surface area contributed by atoms with Crippen LogP contribution in [0.1, 0.15) is 0 Å². The fraction of sp³-hybridized carbons (Fsp3) is 0.143. The molecule has 0 atom stereocenters. The second kappa shape index (κ2) is 6.74. The van der Waals surface area contributed by atoms with Crippen molar-refractivity contribution in [3.8, 4) is 11.5 Å². The van der Waals surface area contributed by atoms with E-state index >= 15 is 0 Å². The summed E-state index contributed by atoms with van der Waals surface area (Å²) in [6.07, 6.45) is 0. The van der Waals surface area contributed by atoms with E-state index in [0.717, 1.165) is 0 Å². The van der Waals surface area contributed by atoms with Crippen LogP contribution in [0, 0.1) is 0 Å². The van der Waals surface area contributed by atoms with Gasteiger partial charge >= 0.3 is 0 Å². The fourth-order valence-corrected chi connectivity index (χ4v) is 2.81. The summed E-state index contributed by atoms with van der Waals surface area (Å²) in [6.45, 7) is 0.201. The lowest BCUT2D eigenvalue weighted by Crippen LogP contribution is -2.25. The van der Waals surface area contributed by atoms with Gasteiger partial charge in [0.25, 0.3) is 0 Å². The summed E-state index contributed by atoms with van der Waals surface area (Å²) in [5, 5.41) is 0. The van der Waals surface area contributed by atoms with E-state index in [1.165, 1.54) is 12.1 Å². The Morgan fingerprint density at radius 1 is 0.950 bits per heavy atom. The Morgan fingerprint density at radius 3 is 2.15 bits per heavy atom. The van der Waals surface area contributed by atoms with Crippen molar-refractivity contribution in [2.45, 2.75) is 4.90 Å². The molecule has 2 aromatic rings. The summed E-state index contributed by atoms with van der Waals surface area (Å²) in [4.78, 5) is 0.183. The zero-order valence-electron chi connectivity index (χ0n) is 10.6. The number of hydrogen-bond donors (Lipinski definition) is 1. The predicted octanol–water partition coefficient (Wildman–Crippen LogP) is 3.00. The molecule has 2 aromatic carbocycles. The Hall–Kier alpha value is -1.56. The van der Waals surface area contributed by atoms with Crippen LogP contribution in [-0.2, 0) is 10.0 Å². The molecule has 0 aliphatic rings. The predicted molar refractivity (Wildman–Crippen MR) is 78.9 cm³/mol. The Kier molecular flexibility index (Phi) is 5.00. The SMILES string of the molecule is O=S(=O)(NCCCl)c1ccc(Oc2ccccc2)cc1. The smallest absolute Gasteiger partial charge is 0.240 e. The maximum Gasteiger partial charge on any atom is 0.240 e. The summed E-state index contributed by atoms with van der Waals surface area (Å²) in [7, 11) is -3.50. The largest absolute Gasteiger partial charge is 0.457 e. The van der Waals surface area contributed by atoms with Gasteiger partial charge in [0.15, 0.2) is 0 Å². The van der Waals surface area contributed by atoms with Crippen LogP contribution >= 0.6 is 11.6 Å². The van der Waals surface area contributed by atoms with Crippen molar-refractivity contribution in [3.05, 3.63) is 54.6 Å². The van der Waals surface area contributed by atoms with Crippen molar-refractivity contribution in [2.24, 2.45) is 0 Å². The molecule has 0 heterocycles. The first-order valence-corrected chi connectivity index (χ1v) is 8.02. The quantitative estimate of drug-likeness (QED) is 0.834. The molecule has 6 heteroatoms. The minimum absolute atomic E-state index is 0.183. The minimum Gasteiger partial charge on any atom is -0.457 e. The van der Waals surface area contributed by atoms with Crippen molar-refractivity contribution >= 4 is 21.6 Å². The van der Waals surface area contributed by atoms with E-state index in [2.05, 4.69) is 4.72 Å². The second-order valence-electron chi connectivity index (χ2n) is 3.97. The van der Waals surface area contributed by atoms with Gasteiger partial charge in [0.2, 0.25) is 10.0 Å². The average Bonchev–Trinajstić information content (AvgIpc) is 2.47. The number of para-hydroxylation sites is 1. The van der Waals surface area contributed by atoms with Gasteiger partial charge in [0.05, 0.1) is 4.90 Å². The first kappa shape index (κ1) is 14.8. The van der Waals surface area contributed by atoms with E-state index in [4.69, 9.17) is 16.3 Å². The number of ether oxygens (including phenoxy) is 1. The number of benzene rings is 2. The Bertz CT molecular complexity index is 642. The molecule has 2 rings (SSSR count). The van der Waals surface area contributed by atoms with Crippen LogP contribution in [-0.4, -0.2) is 20.8 Å². The van der Waals surface area contributed by atoms with Crippen LogP contribution in [0.15, 0.2) is 59.5 Å². The summed E-state index contributed by atoms with van der Waals surface area (Å²) >= 11 is 5.46. The summed E-state index contributed by atoms with van der Waals surface area (Å²) in [5.41, 5.74) is 0. The van der Waals surface area contributed by atoms with Crippen LogP contribution in [0.25, 0.3) is 0 Å². The third-order valence-corrected chi connectivity index (χ3v) is 4.17. The summed E-state index contributed by atoms with van der Waals surface area (Å²) in [5.74, 6) is 1.50. The van der Waals surface area contributed by atoms with Gasteiger partial charge in [-0.1, -0.05) is 18.2 Å². The van der Waals surface area contributed by atoms with Crippen LogP contribution in [0.2, 0.25) is 0 Å². The molecular weight excluding hydrogens is 298 g/mol. The van der Waals surface area contributed by atoms with Gasteiger partial charge < -0.3 is 4.74 Å². The van der Waals surface area contributed by atoms with Gasteiger partial charge in [-0.2, -0.15) is 0 Å². The monoisotopic (exact) mass is 311 g/mol. The summed E-state index contributed by atoms with van der Waals surface area (Å²) < 4.78 is 31.7. The molecule has 0 radical (unpaired) electrons. The van der Waals surface area contributed by atoms with Gasteiger partial charge in [-0.3, -0.25) is 0 Å². The molecule has 0 amide bonds. The van der Waals surface area contributed by atoms with Crippen LogP contribution in [0.4, 0.5) is 0 Å². The second-order valence-corrected chi connectivity index (χ2v) is 6.12. The Morgan fingerprint density at radius 2 is 1.55 bits per heavy atom. The van der Waals surface area contributed by atoms with Crippen molar-refractivity contribution in [3.63, 3.8) is 0 Å². The molecular formula is C14H14ClNO3S. The molecule has 0 aromatic heterocycles. The van der Waals surface area contributed by atoms with Gasteiger partial charge in [-0.05, 0) is 36.4 Å². The summed E-state index contributed by atoms with van der Waals surface area (Å²) in [6, 6.07) is 15.5. The average molecular weight is 312 g/mol. The minimum atomic E-state index is -3.50. The number of halogens is 1. The number of hydrogen-bond acceptors (Lipinski definition) is 3. The van der Waals surface area contributed by atoms with Crippen LogP contribution < -0.4 is 9.46 Å². The van der Waals surface area contributed by atoms with Gasteiger partial charge in [-0.25, -0.2) is 13.1 Å². The van der Waals surface area contributed by atoms with Crippen molar-refractivity contribution < 1.29 is 13.2 Å². The van der Waals surface area contributed by atoms with E-state index in [9.17, 15) is 8.42 Å². The molecule has 106 valence electrons. The molecule has 0 fully saturated rings. The molecule has 1 N–H and O–H groups in total. The van der Waals surface area contributed by atoms with E-state index in [0.29, 0.717) is 11.5 Å². The van der Waals surface area contributed by atoms with E-state index in [1.807, 2.05) is 30.3 Å². The number of nitrogens with one attached hydrogen (secondary N) is 1. The molecule has 4 nitrogen and oxygen atoms in total. The van der Waals surface area contributed by atoms with Crippen LogP contribution in [0.3, 0.4) is 0 Å². The third-order valence-electron chi connectivity index (χ3n) is 2.50. The molecule has 0 unspecified atom stereocenters. The molecule has 20 heavy (non-hydrogen) atoms. The maximum atomic E-state index is 11.9. The van der Waals surface area contributed by atoms with Crippen molar-refractivity contribution in [1.29, 1.82) is 0 Å². The third kappa shape index (κ3) is 3.96. The molecule has 0 spiro atoms. The lowest BCUT2D eigenvalue weighted by atomic mass is 10.3. The first-order valence-electron chi connectivity index (χ1n) is 6.00. The van der Waals surface area contributed by atoms with Gasteiger partial charge in [0, 0.05) is 12.4 Å². The van der Waals surface area contributed by atoms with Gasteiger partial charge in [-0.15, -0.1) is 11.6 Å². The van der Waals surface area contributed by atoms with E-state index < -0.39 is 10.0 Å². The first-order chi connectivity index (χ1) is 9.62. The van der Waals surface area contributed by atoms with Gasteiger partial charge in [0.1, 0.15) is 11.5 Å². The molecule has 0 aliphatic heterocycles. The highest BCUT2D eigenvalue weighted by Crippen LogP contribution is 2.22. The Labute approximate surface area is 123 Å². The highest BCUT2D eigenvalue weighted by atomic mass is 35.5. The maximum absolute atomic E-state index is 11.9. The molecule has 0 aliphatic carbocycles. The number of alkyl halides is 1. The standard InChI is InChI=1S/C14H14ClNO3S/c15-10-11-16-20(17,18)14-8-6-13(7-9-14)19-12-4-2-1-3-5-12/h1-9,16H,10-11H2. The zero-order chi connectivity index (χ0) is 14.4. The number of rotatable bonds is 6. The molecule has 0 saturated carbocycles. The highest BCUT2D eigenvalue weighted by Gasteiger charge is 2.12. The van der Waals surface area contributed by atoms with Crippen molar-refractivity contribution in [1.82, 2.24) is 4.72 Å². The normalized spacial score (nSPS) is 11.2.